The van der Waals surface area contributed by atoms with Crippen LogP contribution in [0, 0.1) is 0 Å². The van der Waals surface area contributed by atoms with Gasteiger partial charge in [-0.1, -0.05) is 0 Å². The molecular weight excluding hydrogens is 277 g/mol. The third-order valence-corrected chi connectivity index (χ3v) is 1.81. The van der Waals surface area contributed by atoms with Crippen LogP contribution in [-0.4, -0.2) is 22.7 Å². The monoisotopic (exact) mass is 284 g/mol. The summed E-state index contributed by atoms with van der Waals surface area (Å²) in [4.78, 5) is 7.51. The van der Waals surface area contributed by atoms with E-state index < -0.39 is 12.6 Å². The maximum Gasteiger partial charge on any atom is 0.390 e. The van der Waals surface area contributed by atoms with Gasteiger partial charge in [0, 0.05) is 12.6 Å². The second kappa shape index (κ2) is 4.65. The Morgan fingerprint density at radius 1 is 1.40 bits per heavy atom. The minimum atomic E-state index is -4.19. The molecule has 0 spiro atoms. The Morgan fingerprint density at radius 2 is 2.07 bits per heavy atom. The minimum Gasteiger partial charge on any atom is -0.383 e. The molecule has 0 aliphatic carbocycles. The molecule has 1 heterocycles. The van der Waals surface area contributed by atoms with E-state index in [2.05, 4.69) is 31.2 Å². The van der Waals surface area contributed by atoms with E-state index in [0.29, 0.717) is 4.60 Å². The molecule has 4 nitrogen and oxygen atoms in total. The zero-order chi connectivity index (χ0) is 11.5. The van der Waals surface area contributed by atoms with E-state index >= 15 is 0 Å². The fourth-order valence-electron chi connectivity index (χ4n) is 0.830. The molecule has 1 aromatic heterocycles. The molecule has 0 aliphatic rings. The fourth-order valence-corrected chi connectivity index (χ4v) is 1.23. The van der Waals surface area contributed by atoms with Crippen molar-refractivity contribution >= 4 is 27.7 Å². The summed E-state index contributed by atoms with van der Waals surface area (Å²) in [7, 11) is 0. The maximum atomic E-state index is 11.8. The number of anilines is 2. The minimum absolute atomic E-state index is 0.0751. The Kier molecular flexibility index (Phi) is 3.72. The molecule has 3 N–H and O–H groups in total. The van der Waals surface area contributed by atoms with Gasteiger partial charge in [-0.25, -0.2) is 4.98 Å². The molecule has 84 valence electrons. The summed E-state index contributed by atoms with van der Waals surface area (Å²) in [6, 6.07) is 1.45. The van der Waals surface area contributed by atoms with Gasteiger partial charge < -0.3 is 11.1 Å². The second-order valence-corrected chi connectivity index (χ2v) is 3.54. The SMILES string of the molecule is Nc1cc(Br)nc(NCCC(F)(F)F)n1. The lowest BCUT2D eigenvalue weighted by atomic mass is 10.4. The largest absolute Gasteiger partial charge is 0.390 e. The van der Waals surface area contributed by atoms with E-state index in [9.17, 15) is 13.2 Å². The highest BCUT2D eigenvalue weighted by molar-refractivity contribution is 9.10. The molecule has 0 saturated heterocycles. The zero-order valence-corrected chi connectivity index (χ0v) is 9.06. The summed E-state index contributed by atoms with van der Waals surface area (Å²) in [5, 5.41) is 2.43. The molecule has 0 unspecified atom stereocenters. The van der Waals surface area contributed by atoms with E-state index in [1.165, 1.54) is 6.07 Å². The molecule has 0 aliphatic heterocycles. The van der Waals surface area contributed by atoms with Gasteiger partial charge in [0.05, 0.1) is 6.42 Å². The fraction of sp³-hybridized carbons (Fsp3) is 0.429. The molecule has 0 amide bonds. The predicted octanol–water partition coefficient (Wildman–Crippen LogP) is 2.19. The first kappa shape index (κ1) is 12.0. The summed E-state index contributed by atoms with van der Waals surface area (Å²) in [6.45, 7) is -0.278. The Balaban J connectivity index is 2.51. The van der Waals surface area contributed by atoms with Crippen LogP contribution in [0.5, 0.6) is 0 Å². The normalized spacial score (nSPS) is 11.5. The Bertz CT molecular complexity index is 321. The van der Waals surface area contributed by atoms with Gasteiger partial charge >= 0.3 is 6.18 Å². The van der Waals surface area contributed by atoms with Gasteiger partial charge in [0.15, 0.2) is 0 Å². The Hall–Kier alpha value is -1.05. The van der Waals surface area contributed by atoms with Crippen LogP contribution in [0.15, 0.2) is 10.7 Å². The van der Waals surface area contributed by atoms with Crippen molar-refractivity contribution < 1.29 is 13.2 Å². The quantitative estimate of drug-likeness (QED) is 0.835. The van der Waals surface area contributed by atoms with E-state index in [1.807, 2.05) is 0 Å². The van der Waals surface area contributed by atoms with Crippen molar-refractivity contribution in [3.8, 4) is 0 Å². The number of nitrogen functional groups attached to an aromatic ring is 1. The van der Waals surface area contributed by atoms with Gasteiger partial charge in [-0.15, -0.1) is 0 Å². The molecule has 1 aromatic rings. The van der Waals surface area contributed by atoms with E-state index in [4.69, 9.17) is 5.73 Å². The molecule has 1 rings (SSSR count). The topological polar surface area (TPSA) is 63.8 Å². The summed E-state index contributed by atoms with van der Waals surface area (Å²) >= 11 is 3.05. The average Bonchev–Trinajstić information content (AvgIpc) is 1.99. The van der Waals surface area contributed by atoms with Crippen molar-refractivity contribution in [3.63, 3.8) is 0 Å². The molecular formula is C7H8BrF3N4. The molecule has 8 heteroatoms. The number of rotatable bonds is 3. The second-order valence-electron chi connectivity index (χ2n) is 2.73. The number of hydrogen-bond acceptors (Lipinski definition) is 4. The van der Waals surface area contributed by atoms with Gasteiger partial charge in [-0.3, -0.25) is 0 Å². The van der Waals surface area contributed by atoms with Crippen molar-refractivity contribution in [1.29, 1.82) is 0 Å². The molecule has 0 saturated carbocycles. The lowest BCUT2D eigenvalue weighted by molar-refractivity contribution is -0.131. The Labute approximate surface area is 92.2 Å². The van der Waals surface area contributed by atoms with E-state index in [1.54, 1.807) is 0 Å². The highest BCUT2D eigenvalue weighted by atomic mass is 79.9. The number of halogens is 4. The van der Waals surface area contributed by atoms with Crippen molar-refractivity contribution in [2.24, 2.45) is 0 Å². The van der Waals surface area contributed by atoms with Crippen molar-refractivity contribution in [2.45, 2.75) is 12.6 Å². The van der Waals surface area contributed by atoms with Crippen LogP contribution in [0.4, 0.5) is 24.9 Å². The summed E-state index contributed by atoms with van der Waals surface area (Å²) in [5.74, 6) is 0.262. The van der Waals surface area contributed by atoms with Crippen LogP contribution in [0.3, 0.4) is 0 Å². The first-order valence-electron chi connectivity index (χ1n) is 3.97. The highest BCUT2D eigenvalue weighted by Gasteiger charge is 2.26. The van der Waals surface area contributed by atoms with Crippen LogP contribution < -0.4 is 11.1 Å². The van der Waals surface area contributed by atoms with Crippen LogP contribution in [-0.2, 0) is 0 Å². The molecule has 0 aromatic carbocycles. The Morgan fingerprint density at radius 3 is 2.60 bits per heavy atom. The molecule has 0 atom stereocenters. The number of aromatic nitrogens is 2. The smallest absolute Gasteiger partial charge is 0.383 e. The predicted molar refractivity (Wildman–Crippen MR) is 53.3 cm³/mol. The standard InChI is InChI=1S/C7H8BrF3N4/c8-4-3-5(12)15-6(14-4)13-2-1-7(9,10)11/h3H,1-2H2,(H3,12,13,14,15). The van der Waals surface area contributed by atoms with Gasteiger partial charge in [0.1, 0.15) is 10.4 Å². The lowest BCUT2D eigenvalue weighted by Gasteiger charge is -2.07. The average molecular weight is 285 g/mol. The number of hydrogen-bond donors (Lipinski definition) is 2. The summed E-state index contributed by atoms with van der Waals surface area (Å²) in [6.07, 6.45) is -5.13. The molecule has 0 radical (unpaired) electrons. The maximum absolute atomic E-state index is 11.8. The molecule has 0 fully saturated rings. The van der Waals surface area contributed by atoms with E-state index in [-0.39, 0.29) is 18.3 Å². The first-order chi connectivity index (χ1) is 6.87. The van der Waals surface area contributed by atoms with Crippen LogP contribution in [0.25, 0.3) is 0 Å². The molecule has 0 bridgehead atoms. The summed E-state index contributed by atoms with van der Waals surface area (Å²) < 4.78 is 35.8. The lowest BCUT2D eigenvalue weighted by Crippen LogP contribution is -2.16. The van der Waals surface area contributed by atoms with Gasteiger partial charge in [0.2, 0.25) is 5.95 Å². The third-order valence-electron chi connectivity index (χ3n) is 1.41. The van der Waals surface area contributed by atoms with Crippen LogP contribution >= 0.6 is 15.9 Å². The first-order valence-corrected chi connectivity index (χ1v) is 4.77. The van der Waals surface area contributed by atoms with E-state index in [0.717, 1.165) is 0 Å². The van der Waals surface area contributed by atoms with Crippen LogP contribution in [0.2, 0.25) is 0 Å². The van der Waals surface area contributed by atoms with Crippen molar-refractivity contribution in [1.82, 2.24) is 9.97 Å². The van der Waals surface area contributed by atoms with Gasteiger partial charge in [-0.2, -0.15) is 18.2 Å². The molecule has 15 heavy (non-hydrogen) atoms. The van der Waals surface area contributed by atoms with Crippen LogP contribution in [0.1, 0.15) is 6.42 Å². The number of nitrogens with one attached hydrogen (secondary N) is 1. The number of nitrogens with zero attached hydrogens (tertiary/aromatic N) is 2. The number of nitrogens with two attached hydrogens (primary N) is 1. The third kappa shape index (κ3) is 4.82. The summed E-state index contributed by atoms with van der Waals surface area (Å²) in [5.41, 5.74) is 5.37. The van der Waals surface area contributed by atoms with Crippen molar-refractivity contribution in [2.75, 3.05) is 17.6 Å². The van der Waals surface area contributed by atoms with Crippen molar-refractivity contribution in [3.05, 3.63) is 10.7 Å². The zero-order valence-electron chi connectivity index (χ0n) is 7.48. The van der Waals surface area contributed by atoms with Gasteiger partial charge in [0.25, 0.3) is 0 Å². The van der Waals surface area contributed by atoms with Gasteiger partial charge in [-0.05, 0) is 15.9 Å². The highest BCUT2D eigenvalue weighted by Crippen LogP contribution is 2.19. The number of alkyl halides is 3.